The molecule has 0 radical (unpaired) electrons. The quantitative estimate of drug-likeness (QED) is 0.698. The summed E-state index contributed by atoms with van der Waals surface area (Å²) >= 11 is 0. The third kappa shape index (κ3) is 3.67. The van der Waals surface area contributed by atoms with E-state index in [-0.39, 0.29) is 0 Å². The van der Waals surface area contributed by atoms with E-state index in [1.54, 1.807) is 0 Å². The summed E-state index contributed by atoms with van der Waals surface area (Å²) in [5, 5.41) is 11.5. The van der Waals surface area contributed by atoms with E-state index < -0.39 is 5.60 Å². The standard InChI is InChI=1S/C23H29N5O/c1-2-4-22-25-13-17(14-26-22)15-28-18-6-7-19(28)12-23(29,11-18)16-27-10-8-20-21(27)5-3-9-24-20/h3,5,8-10,13-14,18-19,29H,2,4,6-7,11-12,15-16H2,1H3/t18-,19+,23?. The zero-order chi connectivity index (χ0) is 19.8. The lowest BCUT2D eigenvalue weighted by Crippen LogP contribution is -2.52. The Morgan fingerprint density at radius 3 is 2.59 bits per heavy atom. The van der Waals surface area contributed by atoms with Crippen molar-refractivity contribution in [3.8, 4) is 0 Å². The summed E-state index contributed by atoms with van der Waals surface area (Å²) in [5.41, 5.74) is 2.60. The van der Waals surface area contributed by atoms with Crippen LogP contribution in [0.15, 0.2) is 43.0 Å². The van der Waals surface area contributed by atoms with Crippen LogP contribution in [0.3, 0.4) is 0 Å². The van der Waals surface area contributed by atoms with Gasteiger partial charge in [0.05, 0.1) is 23.2 Å². The molecule has 5 heterocycles. The second kappa shape index (κ2) is 7.50. The van der Waals surface area contributed by atoms with Gasteiger partial charge in [-0.05, 0) is 50.3 Å². The number of hydrogen-bond donors (Lipinski definition) is 1. The van der Waals surface area contributed by atoms with Crippen LogP contribution in [-0.4, -0.2) is 47.2 Å². The van der Waals surface area contributed by atoms with Gasteiger partial charge in [-0.25, -0.2) is 9.97 Å². The van der Waals surface area contributed by atoms with Crippen LogP contribution in [0, 0.1) is 0 Å². The molecule has 1 N–H and O–H groups in total. The van der Waals surface area contributed by atoms with Crippen LogP contribution in [0.25, 0.3) is 11.0 Å². The van der Waals surface area contributed by atoms with E-state index in [0.717, 1.165) is 61.9 Å². The van der Waals surface area contributed by atoms with E-state index in [9.17, 15) is 5.11 Å². The summed E-state index contributed by atoms with van der Waals surface area (Å²) in [5.74, 6) is 0.931. The molecule has 0 aromatic carbocycles. The first kappa shape index (κ1) is 18.7. The minimum atomic E-state index is -0.661. The minimum Gasteiger partial charge on any atom is -0.388 e. The number of rotatable bonds is 6. The molecule has 29 heavy (non-hydrogen) atoms. The van der Waals surface area contributed by atoms with Gasteiger partial charge in [-0.3, -0.25) is 9.88 Å². The first-order chi connectivity index (χ1) is 14.1. The van der Waals surface area contributed by atoms with Crippen molar-refractivity contribution in [3.63, 3.8) is 0 Å². The van der Waals surface area contributed by atoms with E-state index in [1.165, 1.54) is 5.56 Å². The summed E-state index contributed by atoms with van der Waals surface area (Å²) < 4.78 is 2.16. The molecule has 0 spiro atoms. The van der Waals surface area contributed by atoms with Crippen molar-refractivity contribution >= 4 is 11.0 Å². The molecule has 1 unspecified atom stereocenters. The molecule has 2 fully saturated rings. The van der Waals surface area contributed by atoms with Crippen molar-refractivity contribution < 1.29 is 5.11 Å². The molecule has 2 saturated heterocycles. The molecule has 152 valence electrons. The molecule has 3 aromatic heterocycles. The maximum atomic E-state index is 11.5. The molecule has 3 atom stereocenters. The van der Waals surface area contributed by atoms with E-state index in [4.69, 9.17) is 0 Å². The molecule has 5 rings (SSSR count). The van der Waals surface area contributed by atoms with E-state index in [0.29, 0.717) is 18.6 Å². The maximum absolute atomic E-state index is 11.5. The summed E-state index contributed by atoms with van der Waals surface area (Å²) in [6.45, 7) is 3.67. The van der Waals surface area contributed by atoms with Gasteiger partial charge in [0.2, 0.25) is 0 Å². The van der Waals surface area contributed by atoms with Gasteiger partial charge in [-0.2, -0.15) is 0 Å². The van der Waals surface area contributed by atoms with Crippen molar-refractivity contribution in [2.75, 3.05) is 0 Å². The highest BCUT2D eigenvalue weighted by Crippen LogP contribution is 2.42. The van der Waals surface area contributed by atoms with Crippen molar-refractivity contribution in [2.45, 2.75) is 76.2 Å². The fourth-order valence-corrected chi connectivity index (χ4v) is 5.30. The molecule has 0 aliphatic carbocycles. The van der Waals surface area contributed by atoms with Crippen LogP contribution in [0.5, 0.6) is 0 Å². The van der Waals surface area contributed by atoms with Gasteiger partial charge in [-0.15, -0.1) is 0 Å². The predicted molar refractivity (Wildman–Crippen MR) is 112 cm³/mol. The number of nitrogens with zero attached hydrogens (tertiary/aromatic N) is 5. The monoisotopic (exact) mass is 391 g/mol. The molecule has 0 amide bonds. The van der Waals surface area contributed by atoms with Crippen molar-refractivity contribution in [1.82, 2.24) is 24.4 Å². The lowest BCUT2D eigenvalue weighted by molar-refractivity contribution is -0.0644. The number of piperidine rings is 1. The number of pyridine rings is 1. The molecule has 2 bridgehead atoms. The van der Waals surface area contributed by atoms with Crippen molar-refractivity contribution in [2.24, 2.45) is 0 Å². The lowest BCUT2D eigenvalue weighted by Gasteiger charge is -2.44. The lowest BCUT2D eigenvalue weighted by atomic mass is 9.85. The Bertz CT molecular complexity index is 968. The number of aromatic nitrogens is 4. The molecular formula is C23H29N5O. The highest BCUT2D eigenvalue weighted by molar-refractivity contribution is 5.75. The van der Waals surface area contributed by atoms with Gasteiger partial charge in [-0.1, -0.05) is 6.92 Å². The highest BCUT2D eigenvalue weighted by atomic mass is 16.3. The fraction of sp³-hybridized carbons (Fsp3) is 0.522. The van der Waals surface area contributed by atoms with Gasteiger partial charge in [0.25, 0.3) is 0 Å². The summed E-state index contributed by atoms with van der Waals surface area (Å²) in [6, 6.07) is 6.92. The molecular weight excluding hydrogens is 362 g/mol. The Balaban J connectivity index is 1.29. The molecule has 6 heteroatoms. The SMILES string of the molecule is CCCc1ncc(CN2[C@@H]3CC[C@H]2CC(O)(Cn2ccc4ncccc42)C3)cn1. The van der Waals surface area contributed by atoms with Crippen molar-refractivity contribution in [3.05, 3.63) is 54.4 Å². The number of aryl methyl sites for hydroxylation is 1. The number of fused-ring (bicyclic) bond motifs is 3. The van der Waals surface area contributed by atoms with Crippen LogP contribution in [0.2, 0.25) is 0 Å². The van der Waals surface area contributed by atoms with Gasteiger partial charge in [0.15, 0.2) is 0 Å². The number of aliphatic hydroxyl groups is 1. The second-order valence-electron chi connectivity index (χ2n) is 8.80. The maximum Gasteiger partial charge on any atom is 0.128 e. The fourth-order valence-electron chi connectivity index (χ4n) is 5.30. The molecule has 2 aliphatic heterocycles. The van der Waals surface area contributed by atoms with E-state index in [1.807, 2.05) is 30.7 Å². The molecule has 3 aromatic rings. The van der Waals surface area contributed by atoms with Gasteiger partial charge in [0, 0.05) is 55.4 Å². The van der Waals surface area contributed by atoms with Crippen LogP contribution >= 0.6 is 0 Å². The molecule has 6 nitrogen and oxygen atoms in total. The Kier molecular flexibility index (Phi) is 4.84. The summed E-state index contributed by atoms with van der Waals surface area (Å²) in [4.78, 5) is 16.0. The Hall–Kier alpha value is -2.31. The van der Waals surface area contributed by atoms with Crippen LogP contribution in [0.4, 0.5) is 0 Å². The average Bonchev–Trinajstić information content (AvgIpc) is 3.22. The average molecular weight is 392 g/mol. The van der Waals surface area contributed by atoms with E-state index >= 15 is 0 Å². The smallest absolute Gasteiger partial charge is 0.128 e. The third-order valence-corrected chi connectivity index (χ3v) is 6.60. The zero-order valence-electron chi connectivity index (χ0n) is 17.0. The van der Waals surface area contributed by atoms with Crippen LogP contribution in [0.1, 0.15) is 50.4 Å². The minimum absolute atomic E-state index is 0.425. The Morgan fingerprint density at radius 1 is 1.10 bits per heavy atom. The second-order valence-corrected chi connectivity index (χ2v) is 8.80. The third-order valence-electron chi connectivity index (χ3n) is 6.60. The first-order valence-electron chi connectivity index (χ1n) is 10.8. The molecule has 2 aliphatic rings. The predicted octanol–water partition coefficient (Wildman–Crippen LogP) is 3.34. The van der Waals surface area contributed by atoms with Crippen LogP contribution < -0.4 is 0 Å². The Labute approximate surface area is 171 Å². The first-order valence-corrected chi connectivity index (χ1v) is 10.8. The normalized spacial score (nSPS) is 27.0. The molecule has 0 saturated carbocycles. The van der Waals surface area contributed by atoms with Gasteiger partial charge in [0.1, 0.15) is 5.82 Å². The van der Waals surface area contributed by atoms with Gasteiger partial charge < -0.3 is 9.67 Å². The Morgan fingerprint density at radius 2 is 1.86 bits per heavy atom. The largest absolute Gasteiger partial charge is 0.388 e. The summed E-state index contributed by atoms with van der Waals surface area (Å²) in [6.07, 6.45) is 13.8. The topological polar surface area (TPSA) is 67.1 Å². The zero-order valence-corrected chi connectivity index (χ0v) is 17.0. The summed E-state index contributed by atoms with van der Waals surface area (Å²) in [7, 11) is 0. The van der Waals surface area contributed by atoms with Crippen molar-refractivity contribution in [1.29, 1.82) is 0 Å². The van der Waals surface area contributed by atoms with Crippen LogP contribution in [-0.2, 0) is 19.5 Å². The van der Waals surface area contributed by atoms with E-state index in [2.05, 4.69) is 43.6 Å². The van der Waals surface area contributed by atoms with Gasteiger partial charge >= 0.3 is 0 Å². The highest BCUT2D eigenvalue weighted by Gasteiger charge is 2.47. The number of hydrogen-bond acceptors (Lipinski definition) is 5.